The summed E-state index contributed by atoms with van der Waals surface area (Å²) in [5.41, 5.74) is 3.30. The van der Waals surface area contributed by atoms with Gasteiger partial charge >= 0.3 is 0 Å². The van der Waals surface area contributed by atoms with Gasteiger partial charge in [0.1, 0.15) is 5.82 Å². The highest BCUT2D eigenvalue weighted by molar-refractivity contribution is 5.80. The fourth-order valence-electron chi connectivity index (χ4n) is 2.37. The summed E-state index contributed by atoms with van der Waals surface area (Å²) < 4.78 is 2.31. The Hall–Kier alpha value is -2.16. The zero-order valence-corrected chi connectivity index (χ0v) is 11.2. The van der Waals surface area contributed by atoms with Crippen molar-refractivity contribution in [1.82, 2.24) is 14.5 Å². The zero-order chi connectivity index (χ0) is 13.2. The highest BCUT2D eigenvalue weighted by Gasteiger charge is 2.15. The second-order valence-corrected chi connectivity index (χ2v) is 4.79. The Labute approximate surface area is 112 Å². The SMILES string of the molecule is CCC(C)n1c(-c2cccnc2)nc2ccccc21. The maximum Gasteiger partial charge on any atom is 0.142 e. The summed E-state index contributed by atoms with van der Waals surface area (Å²) in [7, 11) is 0. The lowest BCUT2D eigenvalue weighted by atomic mass is 10.2. The summed E-state index contributed by atoms with van der Waals surface area (Å²) in [6.45, 7) is 4.43. The van der Waals surface area contributed by atoms with Crippen molar-refractivity contribution in [2.24, 2.45) is 0 Å². The largest absolute Gasteiger partial charge is 0.321 e. The van der Waals surface area contributed by atoms with Crippen LogP contribution < -0.4 is 0 Å². The first-order valence-electron chi connectivity index (χ1n) is 6.68. The molecule has 96 valence electrons. The van der Waals surface area contributed by atoms with Gasteiger partial charge in [-0.1, -0.05) is 19.1 Å². The third-order valence-electron chi connectivity index (χ3n) is 3.55. The van der Waals surface area contributed by atoms with Crippen molar-refractivity contribution in [3.63, 3.8) is 0 Å². The van der Waals surface area contributed by atoms with Gasteiger partial charge in [-0.2, -0.15) is 0 Å². The molecule has 0 saturated carbocycles. The highest BCUT2D eigenvalue weighted by Crippen LogP contribution is 2.28. The lowest BCUT2D eigenvalue weighted by Crippen LogP contribution is -2.05. The average Bonchev–Trinajstić information content (AvgIpc) is 2.87. The first-order chi connectivity index (χ1) is 9.31. The number of hydrogen-bond donors (Lipinski definition) is 0. The molecule has 3 nitrogen and oxygen atoms in total. The number of rotatable bonds is 3. The summed E-state index contributed by atoms with van der Waals surface area (Å²) >= 11 is 0. The quantitative estimate of drug-likeness (QED) is 0.702. The number of nitrogens with zero attached hydrogens (tertiary/aromatic N) is 3. The predicted octanol–water partition coefficient (Wildman–Crippen LogP) is 4.07. The predicted molar refractivity (Wildman–Crippen MR) is 78.0 cm³/mol. The molecule has 0 aliphatic carbocycles. The number of imidazole rings is 1. The normalized spacial score (nSPS) is 12.7. The van der Waals surface area contributed by atoms with Crippen LogP contribution in [0.4, 0.5) is 0 Å². The Morgan fingerprint density at radius 1 is 1.16 bits per heavy atom. The van der Waals surface area contributed by atoms with E-state index in [-0.39, 0.29) is 0 Å². The van der Waals surface area contributed by atoms with E-state index in [2.05, 4.69) is 47.7 Å². The third kappa shape index (κ3) is 2.01. The molecule has 3 aromatic rings. The minimum Gasteiger partial charge on any atom is -0.321 e. The van der Waals surface area contributed by atoms with Gasteiger partial charge in [0.25, 0.3) is 0 Å². The monoisotopic (exact) mass is 251 g/mol. The Morgan fingerprint density at radius 3 is 2.74 bits per heavy atom. The number of fused-ring (bicyclic) bond motifs is 1. The maximum absolute atomic E-state index is 4.77. The lowest BCUT2D eigenvalue weighted by molar-refractivity contribution is 0.550. The Balaban J connectivity index is 2.29. The second-order valence-electron chi connectivity index (χ2n) is 4.79. The summed E-state index contributed by atoms with van der Waals surface area (Å²) in [6, 6.07) is 12.7. The second kappa shape index (κ2) is 4.84. The van der Waals surface area contributed by atoms with Gasteiger partial charge in [-0.25, -0.2) is 4.98 Å². The summed E-state index contributed by atoms with van der Waals surface area (Å²) in [4.78, 5) is 8.98. The Morgan fingerprint density at radius 2 is 2.00 bits per heavy atom. The van der Waals surface area contributed by atoms with E-state index >= 15 is 0 Å². The first kappa shape index (κ1) is 11.9. The molecule has 0 saturated heterocycles. The van der Waals surface area contributed by atoms with Crippen molar-refractivity contribution in [3.8, 4) is 11.4 Å². The van der Waals surface area contributed by atoms with Gasteiger partial charge < -0.3 is 4.57 Å². The summed E-state index contributed by atoms with van der Waals surface area (Å²) in [5.74, 6) is 1.00. The van der Waals surface area contributed by atoms with E-state index in [1.165, 1.54) is 5.52 Å². The van der Waals surface area contributed by atoms with Gasteiger partial charge in [0.15, 0.2) is 0 Å². The van der Waals surface area contributed by atoms with Gasteiger partial charge in [0.2, 0.25) is 0 Å². The number of benzene rings is 1. The average molecular weight is 251 g/mol. The lowest BCUT2D eigenvalue weighted by Gasteiger charge is -2.15. The molecule has 0 aliphatic rings. The standard InChI is InChI=1S/C16H17N3/c1-3-12(2)19-15-9-5-4-8-14(15)18-16(19)13-7-6-10-17-11-13/h4-12H,3H2,1-2H3. The van der Waals surface area contributed by atoms with E-state index in [0.29, 0.717) is 6.04 Å². The summed E-state index contributed by atoms with van der Waals surface area (Å²) in [6.07, 6.45) is 4.74. The molecule has 0 N–H and O–H groups in total. The molecule has 2 heterocycles. The van der Waals surface area contributed by atoms with Crippen LogP contribution in [-0.4, -0.2) is 14.5 Å². The number of pyridine rings is 1. The van der Waals surface area contributed by atoms with E-state index in [9.17, 15) is 0 Å². The first-order valence-corrected chi connectivity index (χ1v) is 6.68. The molecular weight excluding hydrogens is 234 g/mol. The van der Waals surface area contributed by atoms with Gasteiger partial charge in [-0.15, -0.1) is 0 Å². The van der Waals surface area contributed by atoms with E-state index in [4.69, 9.17) is 4.98 Å². The molecule has 0 spiro atoms. The molecule has 1 aromatic carbocycles. The van der Waals surface area contributed by atoms with Crippen LogP contribution in [0.15, 0.2) is 48.8 Å². The molecule has 0 radical (unpaired) electrons. The van der Waals surface area contributed by atoms with Crippen LogP contribution in [0, 0.1) is 0 Å². The van der Waals surface area contributed by atoms with Crippen molar-refractivity contribution in [2.75, 3.05) is 0 Å². The van der Waals surface area contributed by atoms with Crippen LogP contribution in [0.3, 0.4) is 0 Å². The fourth-order valence-corrected chi connectivity index (χ4v) is 2.37. The molecule has 0 bridgehead atoms. The van der Waals surface area contributed by atoms with Crippen LogP contribution in [0.25, 0.3) is 22.4 Å². The minimum absolute atomic E-state index is 0.419. The smallest absolute Gasteiger partial charge is 0.142 e. The van der Waals surface area contributed by atoms with E-state index < -0.39 is 0 Å². The molecular formula is C16H17N3. The molecule has 3 heteroatoms. The minimum atomic E-state index is 0.419. The van der Waals surface area contributed by atoms with Crippen molar-refractivity contribution >= 4 is 11.0 Å². The third-order valence-corrected chi connectivity index (χ3v) is 3.55. The van der Waals surface area contributed by atoms with Gasteiger partial charge in [-0.3, -0.25) is 4.98 Å². The van der Waals surface area contributed by atoms with Gasteiger partial charge in [0, 0.05) is 24.0 Å². The molecule has 1 unspecified atom stereocenters. The zero-order valence-electron chi connectivity index (χ0n) is 11.2. The number of aromatic nitrogens is 3. The maximum atomic E-state index is 4.77. The van der Waals surface area contributed by atoms with Crippen molar-refractivity contribution in [1.29, 1.82) is 0 Å². The van der Waals surface area contributed by atoms with E-state index in [1.807, 2.05) is 18.3 Å². The highest BCUT2D eigenvalue weighted by atomic mass is 15.1. The van der Waals surface area contributed by atoms with Crippen molar-refractivity contribution < 1.29 is 0 Å². The summed E-state index contributed by atoms with van der Waals surface area (Å²) in [5, 5.41) is 0. The molecule has 0 amide bonds. The van der Waals surface area contributed by atoms with Crippen LogP contribution >= 0.6 is 0 Å². The van der Waals surface area contributed by atoms with Crippen molar-refractivity contribution in [3.05, 3.63) is 48.8 Å². The molecule has 3 rings (SSSR count). The number of hydrogen-bond acceptors (Lipinski definition) is 2. The Kier molecular flexibility index (Phi) is 3.03. The van der Waals surface area contributed by atoms with E-state index in [0.717, 1.165) is 23.3 Å². The van der Waals surface area contributed by atoms with Crippen LogP contribution in [0.1, 0.15) is 26.3 Å². The molecule has 1 atom stereocenters. The fraction of sp³-hybridized carbons (Fsp3) is 0.250. The van der Waals surface area contributed by atoms with E-state index in [1.54, 1.807) is 6.20 Å². The number of para-hydroxylation sites is 2. The Bertz CT molecular complexity index is 686. The molecule has 0 fully saturated rings. The van der Waals surface area contributed by atoms with Crippen LogP contribution in [-0.2, 0) is 0 Å². The molecule has 0 aliphatic heterocycles. The molecule has 2 aromatic heterocycles. The van der Waals surface area contributed by atoms with Gasteiger partial charge in [0.05, 0.1) is 11.0 Å². The van der Waals surface area contributed by atoms with Crippen LogP contribution in [0.5, 0.6) is 0 Å². The van der Waals surface area contributed by atoms with Gasteiger partial charge in [-0.05, 0) is 37.6 Å². The van der Waals surface area contributed by atoms with Crippen LogP contribution in [0.2, 0.25) is 0 Å². The topological polar surface area (TPSA) is 30.7 Å². The molecule has 19 heavy (non-hydrogen) atoms. The van der Waals surface area contributed by atoms with Crippen molar-refractivity contribution in [2.45, 2.75) is 26.3 Å².